The lowest BCUT2D eigenvalue weighted by atomic mass is 10.1. The number of benzene rings is 1. The second kappa shape index (κ2) is 6.65. The van der Waals surface area contributed by atoms with Crippen molar-refractivity contribution in [3.05, 3.63) is 23.8 Å². The monoisotopic (exact) mass is 277 g/mol. The van der Waals surface area contributed by atoms with Crippen LogP contribution in [-0.4, -0.2) is 19.8 Å². The molecule has 0 aliphatic heterocycles. The van der Waals surface area contributed by atoms with Gasteiger partial charge in [0, 0.05) is 12.3 Å². The first-order chi connectivity index (χ1) is 8.80. The molecular formula is C13H18F3NO2. The highest BCUT2D eigenvalue weighted by atomic mass is 19.4. The van der Waals surface area contributed by atoms with Crippen LogP contribution in [0.25, 0.3) is 0 Å². The molecule has 1 rings (SSSR count). The van der Waals surface area contributed by atoms with Crippen LogP contribution in [-0.2, 0) is 10.9 Å². The van der Waals surface area contributed by atoms with Gasteiger partial charge in [-0.15, -0.1) is 0 Å². The van der Waals surface area contributed by atoms with Crippen molar-refractivity contribution < 1.29 is 22.6 Å². The maximum atomic E-state index is 12.7. The summed E-state index contributed by atoms with van der Waals surface area (Å²) in [7, 11) is 0. The highest BCUT2D eigenvalue weighted by Gasteiger charge is 2.34. The molecule has 2 N–H and O–H groups in total. The zero-order valence-electron chi connectivity index (χ0n) is 11.0. The molecule has 0 radical (unpaired) electrons. The molecule has 108 valence electrons. The predicted octanol–water partition coefficient (Wildman–Crippen LogP) is 3.34. The molecule has 0 aromatic heterocycles. The molecule has 1 aromatic rings. The second-order valence-electron chi connectivity index (χ2n) is 4.57. The van der Waals surface area contributed by atoms with Crippen molar-refractivity contribution in [1.82, 2.24) is 0 Å². The molecule has 0 saturated carbocycles. The van der Waals surface area contributed by atoms with Crippen molar-refractivity contribution >= 4 is 5.69 Å². The standard InChI is InChI=1S/C13H18F3NO2/c1-9(2)8-18-5-6-19-12-4-3-10(17)7-11(12)13(14,15)16/h3-4,7,9H,5-6,8,17H2,1-2H3. The average molecular weight is 277 g/mol. The molecule has 3 nitrogen and oxygen atoms in total. The van der Waals surface area contributed by atoms with E-state index < -0.39 is 11.7 Å². The minimum atomic E-state index is -4.48. The number of nitrogens with two attached hydrogens (primary N) is 1. The van der Waals surface area contributed by atoms with Crippen molar-refractivity contribution in [1.29, 1.82) is 0 Å². The molecule has 0 spiro atoms. The fourth-order valence-corrected chi connectivity index (χ4v) is 1.42. The highest BCUT2D eigenvalue weighted by Crippen LogP contribution is 2.37. The van der Waals surface area contributed by atoms with Crippen LogP contribution in [0.4, 0.5) is 18.9 Å². The first-order valence-corrected chi connectivity index (χ1v) is 5.98. The molecule has 6 heteroatoms. The number of anilines is 1. The van der Waals surface area contributed by atoms with Gasteiger partial charge in [0.15, 0.2) is 0 Å². The number of hydrogen-bond acceptors (Lipinski definition) is 3. The Kier molecular flexibility index (Phi) is 5.47. The summed E-state index contributed by atoms with van der Waals surface area (Å²) in [6, 6.07) is 3.46. The van der Waals surface area contributed by atoms with Gasteiger partial charge in [-0.2, -0.15) is 13.2 Å². The number of rotatable bonds is 6. The Morgan fingerprint density at radius 3 is 2.47 bits per heavy atom. The Bertz CT molecular complexity index is 405. The third-order valence-corrected chi connectivity index (χ3v) is 2.25. The van der Waals surface area contributed by atoms with E-state index in [0.717, 1.165) is 6.07 Å². The van der Waals surface area contributed by atoms with Crippen LogP contribution in [0.2, 0.25) is 0 Å². The summed E-state index contributed by atoms with van der Waals surface area (Å²) in [6.07, 6.45) is -4.48. The van der Waals surface area contributed by atoms with Gasteiger partial charge in [-0.25, -0.2) is 0 Å². The van der Waals surface area contributed by atoms with Gasteiger partial charge in [0.25, 0.3) is 0 Å². The van der Waals surface area contributed by atoms with Gasteiger partial charge in [0.1, 0.15) is 12.4 Å². The van der Waals surface area contributed by atoms with Crippen molar-refractivity contribution in [3.63, 3.8) is 0 Å². The van der Waals surface area contributed by atoms with Gasteiger partial charge in [-0.1, -0.05) is 13.8 Å². The average Bonchev–Trinajstić information content (AvgIpc) is 2.28. The number of ether oxygens (including phenoxy) is 2. The van der Waals surface area contributed by atoms with Crippen LogP contribution in [0.5, 0.6) is 5.75 Å². The van der Waals surface area contributed by atoms with Crippen LogP contribution >= 0.6 is 0 Å². The van der Waals surface area contributed by atoms with Crippen LogP contribution in [0, 0.1) is 5.92 Å². The fourth-order valence-electron chi connectivity index (χ4n) is 1.42. The third kappa shape index (κ3) is 5.38. The molecule has 0 heterocycles. The summed E-state index contributed by atoms with van der Waals surface area (Å²) in [5.74, 6) is 0.150. The molecule has 1 aromatic carbocycles. The van der Waals surface area contributed by atoms with Crippen molar-refractivity contribution in [2.24, 2.45) is 5.92 Å². The summed E-state index contributed by atoms with van der Waals surface area (Å²) in [5.41, 5.74) is 4.54. The predicted molar refractivity (Wildman–Crippen MR) is 67.0 cm³/mol. The van der Waals surface area contributed by atoms with E-state index >= 15 is 0 Å². The van der Waals surface area contributed by atoms with Gasteiger partial charge in [0.2, 0.25) is 0 Å². The summed E-state index contributed by atoms with van der Waals surface area (Å²) < 4.78 is 48.6. The van der Waals surface area contributed by atoms with Gasteiger partial charge < -0.3 is 15.2 Å². The molecule has 0 aliphatic rings. The lowest BCUT2D eigenvalue weighted by molar-refractivity contribution is -0.139. The Hall–Kier alpha value is -1.43. The number of alkyl halides is 3. The van der Waals surface area contributed by atoms with Crippen LogP contribution in [0.3, 0.4) is 0 Å². The summed E-state index contributed by atoms with van der Waals surface area (Å²) in [4.78, 5) is 0. The molecule has 0 saturated heterocycles. The minimum Gasteiger partial charge on any atom is -0.491 e. The molecule has 0 amide bonds. The zero-order valence-corrected chi connectivity index (χ0v) is 11.0. The minimum absolute atomic E-state index is 0.0516. The van der Waals surface area contributed by atoms with E-state index in [2.05, 4.69) is 0 Å². The maximum absolute atomic E-state index is 12.7. The number of nitrogen functional groups attached to an aromatic ring is 1. The van der Waals surface area contributed by atoms with E-state index in [9.17, 15) is 13.2 Å². The molecule has 0 fully saturated rings. The Morgan fingerprint density at radius 1 is 1.21 bits per heavy atom. The quantitative estimate of drug-likeness (QED) is 0.640. The first kappa shape index (κ1) is 15.6. The van der Waals surface area contributed by atoms with E-state index in [1.165, 1.54) is 12.1 Å². The maximum Gasteiger partial charge on any atom is 0.420 e. The smallest absolute Gasteiger partial charge is 0.420 e. The van der Waals surface area contributed by atoms with Crippen molar-refractivity contribution in [2.45, 2.75) is 20.0 Å². The summed E-state index contributed by atoms with van der Waals surface area (Å²) >= 11 is 0. The van der Waals surface area contributed by atoms with Crippen LogP contribution in [0.1, 0.15) is 19.4 Å². The second-order valence-corrected chi connectivity index (χ2v) is 4.57. The SMILES string of the molecule is CC(C)COCCOc1ccc(N)cc1C(F)(F)F. The topological polar surface area (TPSA) is 44.5 Å². The largest absolute Gasteiger partial charge is 0.491 e. The number of hydrogen-bond donors (Lipinski definition) is 1. The van der Waals surface area contributed by atoms with Crippen molar-refractivity contribution in [2.75, 3.05) is 25.6 Å². The number of halogens is 3. The van der Waals surface area contributed by atoms with Gasteiger partial charge in [-0.05, 0) is 24.1 Å². The molecule has 0 aliphatic carbocycles. The van der Waals surface area contributed by atoms with E-state index in [1.54, 1.807) is 0 Å². The van der Waals surface area contributed by atoms with E-state index in [4.69, 9.17) is 15.2 Å². The molecule has 0 unspecified atom stereocenters. The normalized spacial score (nSPS) is 11.9. The van der Waals surface area contributed by atoms with Crippen molar-refractivity contribution in [3.8, 4) is 5.75 Å². The molecular weight excluding hydrogens is 259 g/mol. The Labute approximate surface area is 110 Å². The van der Waals surface area contributed by atoms with Crippen LogP contribution in [0.15, 0.2) is 18.2 Å². The first-order valence-electron chi connectivity index (χ1n) is 5.98. The van der Waals surface area contributed by atoms with Gasteiger partial charge in [0.05, 0.1) is 12.2 Å². The Balaban J connectivity index is 2.58. The fraction of sp³-hybridized carbons (Fsp3) is 0.538. The van der Waals surface area contributed by atoms with Gasteiger partial charge in [-0.3, -0.25) is 0 Å². The van der Waals surface area contributed by atoms with Crippen LogP contribution < -0.4 is 10.5 Å². The van der Waals surface area contributed by atoms with E-state index in [1.807, 2.05) is 13.8 Å². The van der Waals surface area contributed by atoms with Gasteiger partial charge >= 0.3 is 6.18 Å². The molecule has 0 bridgehead atoms. The highest BCUT2D eigenvalue weighted by molar-refractivity contribution is 5.49. The zero-order chi connectivity index (χ0) is 14.5. The lowest BCUT2D eigenvalue weighted by Gasteiger charge is -2.15. The summed E-state index contributed by atoms with van der Waals surface area (Å²) in [5, 5.41) is 0. The summed E-state index contributed by atoms with van der Waals surface area (Å²) in [6.45, 7) is 4.85. The third-order valence-electron chi connectivity index (χ3n) is 2.25. The lowest BCUT2D eigenvalue weighted by Crippen LogP contribution is -2.13. The molecule has 0 atom stereocenters. The van der Waals surface area contributed by atoms with E-state index in [-0.39, 0.29) is 24.7 Å². The Morgan fingerprint density at radius 2 is 1.89 bits per heavy atom. The molecule has 19 heavy (non-hydrogen) atoms. The van der Waals surface area contributed by atoms with E-state index in [0.29, 0.717) is 12.5 Å².